The maximum atomic E-state index is 12.5. The highest BCUT2D eigenvalue weighted by molar-refractivity contribution is 5.85. The molecule has 1 nitrogen and oxygen atoms in total. The first kappa shape index (κ1) is 10.1. The molecule has 0 heterocycles. The fourth-order valence-electron chi connectivity index (χ4n) is 0.902. The van der Waals surface area contributed by atoms with E-state index in [9.17, 15) is 8.78 Å². The summed E-state index contributed by atoms with van der Waals surface area (Å²) < 4.78 is 25.1. The summed E-state index contributed by atoms with van der Waals surface area (Å²) in [6.45, 7) is 0.101. The van der Waals surface area contributed by atoms with Gasteiger partial charge in [0.05, 0.1) is 0 Å². The topological polar surface area (TPSA) is 26.0 Å². The van der Waals surface area contributed by atoms with E-state index in [0.29, 0.717) is 12.8 Å². The van der Waals surface area contributed by atoms with Gasteiger partial charge in [-0.1, -0.05) is 0 Å². The van der Waals surface area contributed by atoms with Gasteiger partial charge in [-0.3, -0.25) is 0 Å². The van der Waals surface area contributed by atoms with E-state index in [1.54, 1.807) is 0 Å². The Balaban J connectivity index is 0.000000810. The predicted molar refractivity (Wildman–Crippen MR) is 38.6 cm³/mol. The van der Waals surface area contributed by atoms with Crippen LogP contribution < -0.4 is 5.73 Å². The van der Waals surface area contributed by atoms with Gasteiger partial charge in [0.25, 0.3) is 5.92 Å². The van der Waals surface area contributed by atoms with Crippen molar-refractivity contribution in [1.29, 1.82) is 0 Å². The van der Waals surface area contributed by atoms with Crippen LogP contribution in [0.1, 0.15) is 19.3 Å². The van der Waals surface area contributed by atoms with Gasteiger partial charge in [-0.05, 0) is 19.4 Å². The number of alkyl halides is 2. The standard InChI is InChI=1S/C6H11F2N.ClH/c7-6(8,3-4-9)5-1-2-5;/h5H,1-4,9H2;1H. The molecule has 0 bridgehead atoms. The molecule has 0 atom stereocenters. The van der Waals surface area contributed by atoms with E-state index >= 15 is 0 Å². The van der Waals surface area contributed by atoms with Gasteiger partial charge in [0.2, 0.25) is 0 Å². The minimum atomic E-state index is -2.46. The fourth-order valence-corrected chi connectivity index (χ4v) is 0.902. The molecule has 1 aliphatic carbocycles. The molecular formula is C6H12ClF2N. The highest BCUT2D eigenvalue weighted by atomic mass is 35.5. The highest BCUT2D eigenvalue weighted by Gasteiger charge is 2.45. The van der Waals surface area contributed by atoms with Gasteiger partial charge in [-0.2, -0.15) is 0 Å². The van der Waals surface area contributed by atoms with Gasteiger partial charge in [-0.25, -0.2) is 8.78 Å². The number of hydrogen-bond acceptors (Lipinski definition) is 1. The summed E-state index contributed by atoms with van der Waals surface area (Å²) in [6, 6.07) is 0. The summed E-state index contributed by atoms with van der Waals surface area (Å²) in [5.74, 6) is -2.81. The Morgan fingerprint density at radius 2 is 1.90 bits per heavy atom. The fraction of sp³-hybridized carbons (Fsp3) is 1.00. The van der Waals surface area contributed by atoms with Crippen molar-refractivity contribution in [3.63, 3.8) is 0 Å². The molecule has 2 N–H and O–H groups in total. The van der Waals surface area contributed by atoms with E-state index in [4.69, 9.17) is 5.73 Å². The van der Waals surface area contributed by atoms with Crippen molar-refractivity contribution in [2.24, 2.45) is 11.7 Å². The summed E-state index contributed by atoms with van der Waals surface area (Å²) >= 11 is 0. The molecule has 0 unspecified atom stereocenters. The zero-order valence-corrected chi connectivity index (χ0v) is 6.46. The summed E-state index contributed by atoms with van der Waals surface area (Å²) in [6.07, 6.45) is 1.23. The Bertz CT molecular complexity index is 104. The average Bonchev–Trinajstić information content (AvgIpc) is 2.41. The van der Waals surface area contributed by atoms with Crippen molar-refractivity contribution < 1.29 is 8.78 Å². The van der Waals surface area contributed by atoms with Crippen molar-refractivity contribution in [3.8, 4) is 0 Å². The minimum absolute atomic E-state index is 0. The maximum absolute atomic E-state index is 12.5. The molecule has 0 aromatic rings. The second kappa shape index (κ2) is 3.49. The molecule has 0 radical (unpaired) electrons. The molecule has 0 amide bonds. The van der Waals surface area contributed by atoms with Gasteiger partial charge in [0.15, 0.2) is 0 Å². The van der Waals surface area contributed by atoms with Crippen molar-refractivity contribution in [2.75, 3.05) is 6.54 Å². The Kier molecular flexibility index (Phi) is 3.52. The molecule has 0 spiro atoms. The summed E-state index contributed by atoms with van der Waals surface area (Å²) in [7, 11) is 0. The van der Waals surface area contributed by atoms with Crippen LogP contribution in [-0.2, 0) is 0 Å². The number of nitrogens with two attached hydrogens (primary N) is 1. The number of halogens is 3. The van der Waals surface area contributed by atoms with Gasteiger partial charge in [0, 0.05) is 12.3 Å². The van der Waals surface area contributed by atoms with Crippen LogP contribution in [0.5, 0.6) is 0 Å². The SMILES string of the molecule is Cl.NCCC(F)(F)C1CC1. The van der Waals surface area contributed by atoms with Gasteiger partial charge in [0.1, 0.15) is 0 Å². The third kappa shape index (κ3) is 2.39. The Morgan fingerprint density at radius 1 is 1.40 bits per heavy atom. The van der Waals surface area contributed by atoms with E-state index in [0.717, 1.165) is 0 Å². The van der Waals surface area contributed by atoms with E-state index in [1.165, 1.54) is 0 Å². The second-order valence-electron chi connectivity index (χ2n) is 2.57. The third-order valence-electron chi connectivity index (χ3n) is 1.65. The first-order chi connectivity index (χ1) is 4.17. The van der Waals surface area contributed by atoms with Crippen LogP contribution in [-0.4, -0.2) is 12.5 Å². The normalized spacial score (nSPS) is 18.3. The average molecular weight is 172 g/mol. The Labute approximate surface area is 65.4 Å². The first-order valence-corrected chi connectivity index (χ1v) is 3.24. The Hall–Kier alpha value is 0.110. The molecular weight excluding hydrogens is 160 g/mol. The first-order valence-electron chi connectivity index (χ1n) is 3.24. The summed E-state index contributed by atoms with van der Waals surface area (Å²) in [5.41, 5.74) is 5.00. The van der Waals surface area contributed by atoms with Crippen LogP contribution >= 0.6 is 12.4 Å². The third-order valence-corrected chi connectivity index (χ3v) is 1.65. The van der Waals surface area contributed by atoms with Gasteiger partial charge in [-0.15, -0.1) is 12.4 Å². The molecule has 62 valence electrons. The lowest BCUT2D eigenvalue weighted by molar-refractivity contribution is -0.0280. The smallest absolute Gasteiger partial charge is 0.252 e. The molecule has 10 heavy (non-hydrogen) atoms. The van der Waals surface area contributed by atoms with E-state index < -0.39 is 5.92 Å². The largest absolute Gasteiger partial charge is 0.330 e. The van der Waals surface area contributed by atoms with E-state index in [-0.39, 0.29) is 31.3 Å². The molecule has 1 fully saturated rings. The zero-order valence-electron chi connectivity index (χ0n) is 5.65. The van der Waals surface area contributed by atoms with Crippen LogP contribution in [0.15, 0.2) is 0 Å². The quantitative estimate of drug-likeness (QED) is 0.689. The van der Waals surface area contributed by atoms with Crippen LogP contribution in [0, 0.1) is 5.92 Å². The summed E-state index contributed by atoms with van der Waals surface area (Å²) in [5, 5.41) is 0. The zero-order chi connectivity index (χ0) is 6.91. The monoisotopic (exact) mass is 171 g/mol. The van der Waals surface area contributed by atoms with Crippen LogP contribution in [0.25, 0.3) is 0 Å². The van der Waals surface area contributed by atoms with E-state index in [1.807, 2.05) is 0 Å². The number of hydrogen-bond donors (Lipinski definition) is 1. The van der Waals surface area contributed by atoms with Crippen LogP contribution in [0.3, 0.4) is 0 Å². The van der Waals surface area contributed by atoms with Gasteiger partial charge >= 0.3 is 0 Å². The molecule has 1 saturated carbocycles. The molecule has 1 aliphatic rings. The molecule has 0 aromatic carbocycles. The van der Waals surface area contributed by atoms with Crippen LogP contribution in [0.2, 0.25) is 0 Å². The Morgan fingerprint density at radius 3 is 2.20 bits per heavy atom. The maximum Gasteiger partial charge on any atom is 0.252 e. The second-order valence-corrected chi connectivity index (χ2v) is 2.57. The molecule has 1 rings (SSSR count). The lowest BCUT2D eigenvalue weighted by Crippen LogP contribution is -2.22. The van der Waals surface area contributed by atoms with Crippen LogP contribution in [0.4, 0.5) is 8.78 Å². The molecule has 4 heteroatoms. The predicted octanol–water partition coefficient (Wildman–Crippen LogP) is 1.80. The highest BCUT2D eigenvalue weighted by Crippen LogP contribution is 2.44. The molecule has 0 aromatic heterocycles. The summed E-state index contributed by atoms with van der Waals surface area (Å²) in [4.78, 5) is 0. The lowest BCUT2D eigenvalue weighted by atomic mass is 10.1. The van der Waals surface area contributed by atoms with Crippen molar-refractivity contribution in [1.82, 2.24) is 0 Å². The molecule has 0 aliphatic heterocycles. The van der Waals surface area contributed by atoms with Gasteiger partial charge < -0.3 is 5.73 Å². The van der Waals surface area contributed by atoms with Crippen molar-refractivity contribution in [3.05, 3.63) is 0 Å². The van der Waals surface area contributed by atoms with Crippen molar-refractivity contribution >= 4 is 12.4 Å². The van der Waals surface area contributed by atoms with E-state index in [2.05, 4.69) is 0 Å². The van der Waals surface area contributed by atoms with Crippen molar-refractivity contribution in [2.45, 2.75) is 25.2 Å². The number of rotatable bonds is 3. The minimum Gasteiger partial charge on any atom is -0.330 e. The molecule has 0 saturated heterocycles. The lowest BCUT2D eigenvalue weighted by Gasteiger charge is -2.12.